The van der Waals surface area contributed by atoms with Crippen LogP contribution in [0, 0.1) is 0 Å². The van der Waals surface area contributed by atoms with Crippen LogP contribution in [-0.4, -0.2) is 38.5 Å². The maximum atomic E-state index is 11.7. The standard InChI is InChI=1S/C22H30N4O/c1-3-15-24-21(27)17-26-22(23-2)25-16-14-20(18-10-6-4-7-11-18)19-12-8-5-9-13-19/h4-13,20H,3,14-17H2,1-2H3,(H,24,27)(H2,23,25,26). The van der Waals surface area contributed by atoms with Crippen molar-refractivity contribution in [2.45, 2.75) is 25.7 Å². The van der Waals surface area contributed by atoms with Crippen molar-refractivity contribution in [3.05, 3.63) is 71.8 Å². The molecule has 2 aromatic rings. The van der Waals surface area contributed by atoms with Gasteiger partial charge in [-0.05, 0) is 24.0 Å². The molecule has 0 saturated carbocycles. The van der Waals surface area contributed by atoms with Gasteiger partial charge in [-0.3, -0.25) is 9.79 Å². The molecule has 0 radical (unpaired) electrons. The summed E-state index contributed by atoms with van der Waals surface area (Å²) in [6, 6.07) is 21.1. The van der Waals surface area contributed by atoms with Gasteiger partial charge in [0.25, 0.3) is 0 Å². The summed E-state index contributed by atoms with van der Waals surface area (Å²) in [4.78, 5) is 15.9. The maximum absolute atomic E-state index is 11.7. The number of aliphatic imine (C=N–C) groups is 1. The Hall–Kier alpha value is -2.82. The van der Waals surface area contributed by atoms with Crippen LogP contribution < -0.4 is 16.0 Å². The summed E-state index contributed by atoms with van der Waals surface area (Å²) in [5.41, 5.74) is 2.60. The van der Waals surface area contributed by atoms with Crippen molar-refractivity contribution in [1.29, 1.82) is 0 Å². The Bertz CT molecular complexity index is 661. The van der Waals surface area contributed by atoms with Crippen LogP contribution in [0.3, 0.4) is 0 Å². The summed E-state index contributed by atoms with van der Waals surface area (Å²) in [5.74, 6) is 0.929. The third-order valence-corrected chi connectivity index (χ3v) is 4.34. The first kappa shape index (κ1) is 20.5. The van der Waals surface area contributed by atoms with E-state index in [1.807, 2.05) is 19.1 Å². The second-order valence-corrected chi connectivity index (χ2v) is 6.37. The highest BCUT2D eigenvalue weighted by Crippen LogP contribution is 2.27. The summed E-state index contributed by atoms with van der Waals surface area (Å²) < 4.78 is 0. The van der Waals surface area contributed by atoms with E-state index in [1.165, 1.54) is 11.1 Å². The van der Waals surface area contributed by atoms with Crippen LogP contribution >= 0.6 is 0 Å². The van der Waals surface area contributed by atoms with Crippen molar-refractivity contribution in [3.8, 4) is 0 Å². The first-order valence-corrected chi connectivity index (χ1v) is 9.55. The fourth-order valence-corrected chi connectivity index (χ4v) is 2.94. The number of rotatable bonds is 9. The topological polar surface area (TPSA) is 65.5 Å². The summed E-state index contributed by atoms with van der Waals surface area (Å²) in [6.07, 6.45) is 1.86. The number of hydrogen-bond acceptors (Lipinski definition) is 2. The first-order chi connectivity index (χ1) is 13.2. The van der Waals surface area contributed by atoms with E-state index in [0.29, 0.717) is 18.4 Å². The molecule has 144 valence electrons. The van der Waals surface area contributed by atoms with Crippen molar-refractivity contribution in [2.75, 3.05) is 26.7 Å². The van der Waals surface area contributed by atoms with Gasteiger partial charge in [-0.1, -0.05) is 67.6 Å². The highest BCUT2D eigenvalue weighted by molar-refractivity contribution is 5.86. The van der Waals surface area contributed by atoms with Crippen LogP contribution in [0.2, 0.25) is 0 Å². The predicted molar refractivity (Wildman–Crippen MR) is 112 cm³/mol. The van der Waals surface area contributed by atoms with Gasteiger partial charge in [0.15, 0.2) is 5.96 Å². The van der Waals surface area contributed by atoms with E-state index < -0.39 is 0 Å². The van der Waals surface area contributed by atoms with Gasteiger partial charge in [-0.2, -0.15) is 0 Å². The Morgan fingerprint density at radius 2 is 1.48 bits per heavy atom. The number of nitrogens with one attached hydrogen (secondary N) is 3. The molecule has 2 rings (SSSR count). The average molecular weight is 367 g/mol. The molecule has 0 aliphatic heterocycles. The molecule has 0 fully saturated rings. The zero-order valence-electron chi connectivity index (χ0n) is 16.2. The van der Waals surface area contributed by atoms with Crippen LogP contribution in [0.1, 0.15) is 36.8 Å². The van der Waals surface area contributed by atoms with Gasteiger partial charge < -0.3 is 16.0 Å². The number of benzene rings is 2. The van der Waals surface area contributed by atoms with Crippen molar-refractivity contribution in [3.63, 3.8) is 0 Å². The molecule has 2 aromatic carbocycles. The number of nitrogens with zero attached hydrogens (tertiary/aromatic N) is 1. The van der Waals surface area contributed by atoms with Gasteiger partial charge in [0.1, 0.15) is 0 Å². The molecule has 0 unspecified atom stereocenters. The number of guanidine groups is 1. The molecular weight excluding hydrogens is 336 g/mol. The number of hydrogen-bond donors (Lipinski definition) is 3. The lowest BCUT2D eigenvalue weighted by molar-refractivity contribution is -0.120. The Morgan fingerprint density at radius 1 is 0.889 bits per heavy atom. The van der Waals surface area contributed by atoms with E-state index >= 15 is 0 Å². The lowest BCUT2D eigenvalue weighted by Crippen LogP contribution is -2.43. The SMILES string of the molecule is CCCNC(=O)CNC(=NC)NCCC(c1ccccc1)c1ccccc1. The van der Waals surface area contributed by atoms with Crippen molar-refractivity contribution in [2.24, 2.45) is 4.99 Å². The first-order valence-electron chi connectivity index (χ1n) is 9.55. The highest BCUT2D eigenvalue weighted by atomic mass is 16.1. The molecule has 0 aromatic heterocycles. The Morgan fingerprint density at radius 3 is 2.00 bits per heavy atom. The quantitative estimate of drug-likeness (QED) is 0.472. The minimum atomic E-state index is -0.0220. The Labute approximate surface area is 162 Å². The number of carbonyl (C=O) groups excluding carboxylic acids is 1. The molecule has 3 N–H and O–H groups in total. The van der Waals surface area contributed by atoms with E-state index in [4.69, 9.17) is 0 Å². The second kappa shape index (κ2) is 11.7. The fraction of sp³-hybridized carbons (Fsp3) is 0.364. The van der Waals surface area contributed by atoms with E-state index in [2.05, 4.69) is 69.5 Å². The molecule has 5 nitrogen and oxygen atoms in total. The van der Waals surface area contributed by atoms with Crippen LogP contribution in [0.5, 0.6) is 0 Å². The zero-order valence-corrected chi connectivity index (χ0v) is 16.2. The second-order valence-electron chi connectivity index (χ2n) is 6.37. The van der Waals surface area contributed by atoms with Gasteiger partial charge in [-0.25, -0.2) is 0 Å². The summed E-state index contributed by atoms with van der Waals surface area (Å²) in [5, 5.41) is 9.21. The van der Waals surface area contributed by atoms with E-state index in [1.54, 1.807) is 7.05 Å². The van der Waals surface area contributed by atoms with Gasteiger partial charge >= 0.3 is 0 Å². The zero-order chi connectivity index (χ0) is 19.3. The lowest BCUT2D eigenvalue weighted by atomic mass is 9.88. The number of amides is 1. The molecule has 0 heterocycles. The molecule has 27 heavy (non-hydrogen) atoms. The van der Waals surface area contributed by atoms with Crippen LogP contribution in [0.15, 0.2) is 65.7 Å². The molecule has 0 aliphatic carbocycles. The largest absolute Gasteiger partial charge is 0.356 e. The smallest absolute Gasteiger partial charge is 0.239 e. The molecule has 5 heteroatoms. The Balaban J connectivity index is 1.90. The van der Waals surface area contributed by atoms with Crippen molar-refractivity contribution >= 4 is 11.9 Å². The molecule has 0 aliphatic rings. The van der Waals surface area contributed by atoms with E-state index in [-0.39, 0.29) is 12.5 Å². The molecule has 1 amide bonds. The predicted octanol–water partition coefficient (Wildman–Crippen LogP) is 2.90. The number of carbonyl (C=O) groups is 1. The fourth-order valence-electron chi connectivity index (χ4n) is 2.94. The van der Waals surface area contributed by atoms with Crippen molar-refractivity contribution in [1.82, 2.24) is 16.0 Å². The highest BCUT2D eigenvalue weighted by Gasteiger charge is 2.13. The molecular formula is C22H30N4O. The monoisotopic (exact) mass is 366 g/mol. The van der Waals surface area contributed by atoms with E-state index in [0.717, 1.165) is 19.4 Å². The minimum absolute atomic E-state index is 0.0220. The third-order valence-electron chi connectivity index (χ3n) is 4.34. The van der Waals surface area contributed by atoms with Crippen molar-refractivity contribution < 1.29 is 4.79 Å². The average Bonchev–Trinajstić information content (AvgIpc) is 2.73. The molecule has 0 spiro atoms. The van der Waals surface area contributed by atoms with Gasteiger partial charge in [0.05, 0.1) is 6.54 Å². The summed E-state index contributed by atoms with van der Waals surface area (Å²) in [6.45, 7) is 3.71. The van der Waals surface area contributed by atoms with E-state index in [9.17, 15) is 4.79 Å². The molecule has 0 saturated heterocycles. The molecule has 0 bridgehead atoms. The van der Waals surface area contributed by atoms with Crippen LogP contribution in [0.25, 0.3) is 0 Å². The Kier molecular flexibility index (Phi) is 8.90. The van der Waals surface area contributed by atoms with Crippen LogP contribution in [-0.2, 0) is 4.79 Å². The van der Waals surface area contributed by atoms with Gasteiger partial charge in [0, 0.05) is 26.1 Å². The van der Waals surface area contributed by atoms with Gasteiger partial charge in [0.2, 0.25) is 5.91 Å². The lowest BCUT2D eigenvalue weighted by Gasteiger charge is -2.19. The maximum Gasteiger partial charge on any atom is 0.239 e. The minimum Gasteiger partial charge on any atom is -0.356 e. The normalized spacial score (nSPS) is 11.3. The molecule has 0 atom stereocenters. The summed E-state index contributed by atoms with van der Waals surface area (Å²) in [7, 11) is 1.71. The summed E-state index contributed by atoms with van der Waals surface area (Å²) >= 11 is 0. The van der Waals surface area contributed by atoms with Crippen LogP contribution in [0.4, 0.5) is 0 Å². The third kappa shape index (κ3) is 7.13. The van der Waals surface area contributed by atoms with Gasteiger partial charge in [-0.15, -0.1) is 0 Å².